The normalized spacial score (nSPS) is 12.0. The number of aromatic nitrogens is 4. The Balaban J connectivity index is 1.78. The largest absolute Gasteiger partial charge is 0.331 e. The first-order valence-corrected chi connectivity index (χ1v) is 8.34. The van der Waals surface area contributed by atoms with Gasteiger partial charge in [-0.05, 0) is 24.1 Å². The van der Waals surface area contributed by atoms with E-state index < -0.39 is 6.04 Å². The summed E-state index contributed by atoms with van der Waals surface area (Å²) in [5.74, 6) is -0.128. The molecule has 0 bridgehead atoms. The average molecular weight is 348 g/mol. The van der Waals surface area contributed by atoms with Crippen molar-refractivity contribution >= 4 is 5.91 Å². The van der Waals surface area contributed by atoms with Gasteiger partial charge in [0.1, 0.15) is 11.7 Å². The molecule has 0 aliphatic rings. The fourth-order valence-electron chi connectivity index (χ4n) is 2.74. The summed E-state index contributed by atoms with van der Waals surface area (Å²) in [4.78, 5) is 12.5. The molecule has 1 unspecified atom stereocenters. The molecule has 0 aliphatic carbocycles. The van der Waals surface area contributed by atoms with Crippen LogP contribution in [-0.2, 0) is 7.05 Å². The summed E-state index contributed by atoms with van der Waals surface area (Å²) in [5.41, 5.74) is 2.75. The van der Waals surface area contributed by atoms with Crippen molar-refractivity contribution in [3.63, 3.8) is 0 Å². The number of para-hydroxylation sites is 1. The molecule has 2 aromatic heterocycles. The molecule has 1 N–H and O–H groups in total. The molecule has 0 fully saturated rings. The van der Waals surface area contributed by atoms with E-state index in [4.69, 9.17) is 0 Å². The summed E-state index contributed by atoms with van der Waals surface area (Å²) in [5, 5.41) is 20.7. The summed E-state index contributed by atoms with van der Waals surface area (Å²) in [7, 11) is 1.80. The standard InChI is InChI=1S/C19H20N6O/c1-13(2)18-9-16(23-24(18)3)19(26)22-17(10-20)14-11-21-25(12-14)15-7-5-4-6-8-15/h4-9,11-13,17H,1-3H3,(H,22,26). The predicted molar refractivity (Wildman–Crippen MR) is 96.7 cm³/mol. The molecule has 2 heterocycles. The number of benzene rings is 1. The SMILES string of the molecule is CC(C)c1cc(C(=O)NC(C#N)c2cnn(-c3ccccc3)c2)nn1C. The van der Waals surface area contributed by atoms with Gasteiger partial charge in [-0.25, -0.2) is 4.68 Å². The lowest BCUT2D eigenvalue weighted by Gasteiger charge is -2.08. The molecule has 0 spiro atoms. The fourth-order valence-corrected chi connectivity index (χ4v) is 2.74. The van der Waals surface area contributed by atoms with Gasteiger partial charge in [-0.2, -0.15) is 15.5 Å². The highest BCUT2D eigenvalue weighted by Gasteiger charge is 2.20. The third-order valence-electron chi connectivity index (χ3n) is 4.10. The summed E-state index contributed by atoms with van der Waals surface area (Å²) in [6.07, 6.45) is 3.32. The fraction of sp³-hybridized carbons (Fsp3) is 0.263. The molecule has 132 valence electrons. The highest BCUT2D eigenvalue weighted by Crippen LogP contribution is 2.17. The minimum absolute atomic E-state index is 0.255. The molecule has 0 aliphatic heterocycles. The van der Waals surface area contributed by atoms with Crippen LogP contribution in [0.25, 0.3) is 5.69 Å². The third-order valence-corrected chi connectivity index (χ3v) is 4.10. The van der Waals surface area contributed by atoms with Crippen LogP contribution in [0.15, 0.2) is 48.8 Å². The highest BCUT2D eigenvalue weighted by atomic mass is 16.2. The Hall–Kier alpha value is -3.40. The van der Waals surface area contributed by atoms with E-state index in [9.17, 15) is 10.1 Å². The first-order valence-electron chi connectivity index (χ1n) is 8.34. The van der Waals surface area contributed by atoms with Crippen LogP contribution in [0.3, 0.4) is 0 Å². The molecule has 3 aromatic rings. The van der Waals surface area contributed by atoms with E-state index in [1.54, 1.807) is 34.9 Å². The van der Waals surface area contributed by atoms with Gasteiger partial charge in [0.05, 0.1) is 18.0 Å². The van der Waals surface area contributed by atoms with Gasteiger partial charge in [-0.1, -0.05) is 32.0 Å². The first kappa shape index (κ1) is 17.4. The van der Waals surface area contributed by atoms with Gasteiger partial charge >= 0.3 is 0 Å². The molecule has 1 aromatic carbocycles. The number of nitriles is 1. The minimum atomic E-state index is -0.801. The van der Waals surface area contributed by atoms with Crippen LogP contribution in [0.2, 0.25) is 0 Å². The Kier molecular flexibility index (Phi) is 4.85. The molecule has 26 heavy (non-hydrogen) atoms. The highest BCUT2D eigenvalue weighted by molar-refractivity contribution is 5.92. The molecule has 0 saturated heterocycles. The van der Waals surface area contributed by atoms with Crippen LogP contribution in [0.4, 0.5) is 0 Å². The van der Waals surface area contributed by atoms with Crippen molar-refractivity contribution in [2.45, 2.75) is 25.8 Å². The van der Waals surface area contributed by atoms with Crippen molar-refractivity contribution in [2.75, 3.05) is 0 Å². The van der Waals surface area contributed by atoms with Crippen molar-refractivity contribution < 1.29 is 4.79 Å². The van der Waals surface area contributed by atoms with E-state index in [2.05, 4.69) is 21.6 Å². The smallest absolute Gasteiger partial charge is 0.273 e. The maximum Gasteiger partial charge on any atom is 0.273 e. The zero-order valence-electron chi connectivity index (χ0n) is 14.9. The van der Waals surface area contributed by atoms with Crippen LogP contribution >= 0.6 is 0 Å². The number of carbonyl (C=O) groups is 1. The molecule has 7 heteroatoms. The minimum Gasteiger partial charge on any atom is -0.331 e. The van der Waals surface area contributed by atoms with Crippen molar-refractivity contribution in [2.24, 2.45) is 7.05 Å². The molecule has 7 nitrogen and oxygen atoms in total. The van der Waals surface area contributed by atoms with Crippen molar-refractivity contribution in [1.29, 1.82) is 5.26 Å². The maximum atomic E-state index is 12.5. The van der Waals surface area contributed by atoms with E-state index in [1.807, 2.05) is 44.2 Å². The summed E-state index contributed by atoms with van der Waals surface area (Å²) in [6, 6.07) is 12.6. The van der Waals surface area contributed by atoms with Gasteiger partial charge in [-0.15, -0.1) is 0 Å². The van der Waals surface area contributed by atoms with Crippen molar-refractivity contribution in [3.05, 3.63) is 65.7 Å². The van der Waals surface area contributed by atoms with Crippen LogP contribution in [0.5, 0.6) is 0 Å². The second kappa shape index (κ2) is 7.23. The predicted octanol–water partition coefficient (Wildman–Crippen LogP) is 2.72. The lowest BCUT2D eigenvalue weighted by molar-refractivity contribution is 0.0939. The zero-order chi connectivity index (χ0) is 18.7. The van der Waals surface area contributed by atoms with Gasteiger partial charge in [0.2, 0.25) is 0 Å². The van der Waals surface area contributed by atoms with Crippen molar-refractivity contribution in [1.82, 2.24) is 24.9 Å². The van der Waals surface area contributed by atoms with E-state index in [0.717, 1.165) is 11.4 Å². The van der Waals surface area contributed by atoms with Crippen LogP contribution in [0.1, 0.15) is 47.6 Å². The number of carbonyl (C=O) groups excluding carboxylic acids is 1. The number of hydrogen-bond donors (Lipinski definition) is 1. The molecular formula is C19H20N6O. The van der Waals surface area contributed by atoms with Crippen LogP contribution < -0.4 is 5.32 Å². The lowest BCUT2D eigenvalue weighted by Crippen LogP contribution is -2.27. The number of aryl methyl sites for hydroxylation is 1. The van der Waals surface area contributed by atoms with Gasteiger partial charge in [0.25, 0.3) is 5.91 Å². The monoisotopic (exact) mass is 348 g/mol. The molecule has 1 atom stereocenters. The zero-order valence-corrected chi connectivity index (χ0v) is 14.9. The second-order valence-electron chi connectivity index (χ2n) is 6.32. The van der Waals surface area contributed by atoms with Gasteiger partial charge < -0.3 is 5.32 Å². The second-order valence-corrected chi connectivity index (χ2v) is 6.32. The van der Waals surface area contributed by atoms with E-state index in [-0.39, 0.29) is 11.8 Å². The summed E-state index contributed by atoms with van der Waals surface area (Å²) < 4.78 is 3.36. The van der Waals surface area contributed by atoms with Gasteiger partial charge in [0, 0.05) is 24.5 Å². The maximum absolute atomic E-state index is 12.5. The number of amides is 1. The molecule has 0 saturated carbocycles. The molecular weight excluding hydrogens is 328 g/mol. The Labute approximate surface area is 151 Å². The Morgan fingerprint density at radius 1 is 1.27 bits per heavy atom. The van der Waals surface area contributed by atoms with E-state index >= 15 is 0 Å². The van der Waals surface area contributed by atoms with Gasteiger partial charge in [0.15, 0.2) is 0 Å². The van der Waals surface area contributed by atoms with Crippen LogP contribution in [-0.4, -0.2) is 25.5 Å². The number of nitrogens with one attached hydrogen (secondary N) is 1. The first-order chi connectivity index (χ1) is 12.5. The van der Waals surface area contributed by atoms with Gasteiger partial charge in [-0.3, -0.25) is 9.48 Å². The Bertz CT molecular complexity index is 948. The van der Waals surface area contributed by atoms with Crippen molar-refractivity contribution in [3.8, 4) is 11.8 Å². The molecule has 3 rings (SSSR count). The number of hydrogen-bond acceptors (Lipinski definition) is 4. The Morgan fingerprint density at radius 3 is 2.62 bits per heavy atom. The van der Waals surface area contributed by atoms with Crippen LogP contribution in [0, 0.1) is 11.3 Å². The van der Waals surface area contributed by atoms with E-state index in [1.165, 1.54) is 0 Å². The Morgan fingerprint density at radius 2 is 2.00 bits per heavy atom. The summed E-state index contributed by atoms with van der Waals surface area (Å²) in [6.45, 7) is 4.07. The van der Waals surface area contributed by atoms with E-state index in [0.29, 0.717) is 11.3 Å². The summed E-state index contributed by atoms with van der Waals surface area (Å²) >= 11 is 0. The average Bonchev–Trinajstić information content (AvgIpc) is 3.27. The molecule has 0 radical (unpaired) electrons. The molecule has 1 amide bonds. The quantitative estimate of drug-likeness (QED) is 0.768. The third kappa shape index (κ3) is 3.49. The number of nitrogens with zero attached hydrogens (tertiary/aromatic N) is 5. The topological polar surface area (TPSA) is 88.5 Å². The lowest BCUT2D eigenvalue weighted by atomic mass is 10.1. The number of rotatable bonds is 5.